The molecule has 15 heavy (non-hydrogen) atoms. The van der Waals surface area contributed by atoms with E-state index in [2.05, 4.69) is 31.3 Å². The van der Waals surface area contributed by atoms with Gasteiger partial charge in [0.15, 0.2) is 5.11 Å². The maximum Gasteiger partial charge on any atom is 0.184 e. The third kappa shape index (κ3) is 1.65. The minimum atomic E-state index is 0.261. The molecule has 0 saturated heterocycles. The topological polar surface area (TPSA) is 50.4 Å². The van der Waals surface area contributed by atoms with Gasteiger partial charge in [0.1, 0.15) is 0 Å². The second-order valence-corrected chi connectivity index (χ2v) is 5.87. The molecule has 0 aromatic rings. The van der Waals surface area contributed by atoms with Crippen molar-refractivity contribution < 1.29 is 0 Å². The summed E-state index contributed by atoms with van der Waals surface area (Å²) >= 11 is 4.75. The number of hydrazone groups is 1. The number of nitrogens with two attached hydrogens (primary N) is 1. The standard InChI is InChI=1S/C11H19N3S/c1-6-8-4-7(11(6,2)3)5-9(8)13-14-10(12)15/h6-8H,4-5H2,1-3H3,(H3,12,14,15)/b13-9-/t6-,7-,8+/m1/s1. The highest BCUT2D eigenvalue weighted by molar-refractivity contribution is 7.80. The fourth-order valence-corrected chi connectivity index (χ4v) is 3.18. The van der Waals surface area contributed by atoms with E-state index in [9.17, 15) is 0 Å². The minimum absolute atomic E-state index is 0.261. The molecule has 3 nitrogen and oxygen atoms in total. The number of thiocarbonyl (C=S) groups is 1. The van der Waals surface area contributed by atoms with Gasteiger partial charge < -0.3 is 5.73 Å². The highest BCUT2D eigenvalue weighted by Gasteiger charge is 2.53. The smallest absolute Gasteiger partial charge is 0.184 e. The zero-order valence-electron chi connectivity index (χ0n) is 9.58. The largest absolute Gasteiger partial charge is 0.375 e. The molecule has 0 unspecified atom stereocenters. The summed E-state index contributed by atoms with van der Waals surface area (Å²) in [4.78, 5) is 0. The van der Waals surface area contributed by atoms with E-state index in [1.54, 1.807) is 0 Å². The summed E-state index contributed by atoms with van der Waals surface area (Å²) in [5, 5.41) is 4.58. The van der Waals surface area contributed by atoms with E-state index in [1.165, 1.54) is 12.1 Å². The summed E-state index contributed by atoms with van der Waals surface area (Å²) in [6, 6.07) is 0. The van der Waals surface area contributed by atoms with E-state index in [1.807, 2.05) is 0 Å². The number of hydrogen-bond donors (Lipinski definition) is 2. The van der Waals surface area contributed by atoms with Crippen molar-refractivity contribution in [3.05, 3.63) is 0 Å². The van der Waals surface area contributed by atoms with Crippen LogP contribution in [-0.4, -0.2) is 10.8 Å². The first-order chi connectivity index (χ1) is 6.93. The molecule has 2 aliphatic rings. The Balaban J connectivity index is 2.12. The first-order valence-electron chi connectivity index (χ1n) is 5.55. The molecule has 2 rings (SSSR count). The Morgan fingerprint density at radius 1 is 1.60 bits per heavy atom. The Kier molecular flexibility index (Phi) is 2.49. The molecule has 3 atom stereocenters. The molecule has 0 aromatic carbocycles. The molecular formula is C11H19N3S. The molecule has 2 aliphatic carbocycles. The van der Waals surface area contributed by atoms with Crippen LogP contribution in [0.4, 0.5) is 0 Å². The quantitative estimate of drug-likeness (QED) is 0.529. The van der Waals surface area contributed by atoms with Crippen LogP contribution in [0.5, 0.6) is 0 Å². The Bertz CT molecular complexity index is 318. The summed E-state index contributed by atoms with van der Waals surface area (Å²) in [5.74, 6) is 2.12. The normalized spacial score (nSPS) is 39.7. The number of nitrogens with zero attached hydrogens (tertiary/aromatic N) is 1. The van der Waals surface area contributed by atoms with Crippen LogP contribution >= 0.6 is 12.2 Å². The van der Waals surface area contributed by atoms with Gasteiger partial charge in [-0.15, -0.1) is 0 Å². The molecule has 0 spiro atoms. The van der Waals surface area contributed by atoms with Crippen LogP contribution in [0.2, 0.25) is 0 Å². The van der Waals surface area contributed by atoms with E-state index in [-0.39, 0.29) is 5.11 Å². The molecule has 2 bridgehead atoms. The Morgan fingerprint density at radius 3 is 2.73 bits per heavy atom. The summed E-state index contributed by atoms with van der Waals surface area (Å²) < 4.78 is 0. The molecular weight excluding hydrogens is 206 g/mol. The van der Waals surface area contributed by atoms with Crippen LogP contribution in [0.1, 0.15) is 33.6 Å². The third-order valence-electron chi connectivity index (χ3n) is 4.56. The second kappa shape index (κ2) is 3.44. The van der Waals surface area contributed by atoms with Crippen molar-refractivity contribution in [1.82, 2.24) is 5.43 Å². The number of rotatable bonds is 1. The molecule has 0 aliphatic heterocycles. The van der Waals surface area contributed by atoms with Crippen molar-refractivity contribution >= 4 is 23.0 Å². The van der Waals surface area contributed by atoms with E-state index < -0.39 is 0 Å². The van der Waals surface area contributed by atoms with Gasteiger partial charge in [-0.25, -0.2) is 0 Å². The molecule has 0 aromatic heterocycles. The van der Waals surface area contributed by atoms with Crippen molar-refractivity contribution in [1.29, 1.82) is 0 Å². The van der Waals surface area contributed by atoms with Crippen molar-refractivity contribution in [3.8, 4) is 0 Å². The van der Waals surface area contributed by atoms with Crippen LogP contribution in [0, 0.1) is 23.2 Å². The number of hydrogen-bond acceptors (Lipinski definition) is 2. The van der Waals surface area contributed by atoms with Crippen LogP contribution in [0.3, 0.4) is 0 Å². The monoisotopic (exact) mass is 225 g/mol. The summed E-state index contributed by atoms with van der Waals surface area (Å²) in [7, 11) is 0. The Morgan fingerprint density at radius 2 is 2.27 bits per heavy atom. The van der Waals surface area contributed by atoms with Gasteiger partial charge in [-0.2, -0.15) is 5.10 Å². The Labute approximate surface area is 96.5 Å². The first kappa shape index (κ1) is 10.9. The van der Waals surface area contributed by atoms with Gasteiger partial charge in [0.25, 0.3) is 0 Å². The summed E-state index contributed by atoms with van der Waals surface area (Å²) in [6.07, 6.45) is 2.39. The maximum absolute atomic E-state index is 5.37. The van der Waals surface area contributed by atoms with Gasteiger partial charge in [0, 0.05) is 11.6 Å². The predicted octanol–water partition coefficient (Wildman–Crippen LogP) is 1.88. The first-order valence-corrected chi connectivity index (χ1v) is 5.95. The van der Waals surface area contributed by atoms with Crippen LogP contribution < -0.4 is 11.2 Å². The average molecular weight is 225 g/mol. The van der Waals surface area contributed by atoms with E-state index in [0.717, 1.165) is 12.3 Å². The molecule has 4 heteroatoms. The number of nitrogens with one attached hydrogen (secondary N) is 1. The lowest BCUT2D eigenvalue weighted by atomic mass is 9.69. The Hall–Kier alpha value is -0.640. The molecule has 84 valence electrons. The SMILES string of the molecule is C[C@@H]1[C@@H]2C[C@H](C/C2=N/NC(N)=S)C1(C)C. The predicted molar refractivity (Wildman–Crippen MR) is 66.5 cm³/mol. The maximum atomic E-state index is 5.37. The summed E-state index contributed by atoms with van der Waals surface area (Å²) in [5.41, 5.74) is 9.82. The average Bonchev–Trinajstić information content (AvgIpc) is 2.64. The zero-order valence-corrected chi connectivity index (χ0v) is 10.4. The molecule has 2 fully saturated rings. The highest BCUT2D eigenvalue weighted by Crippen LogP contribution is 2.57. The van der Waals surface area contributed by atoms with Gasteiger partial charge in [-0.05, 0) is 42.3 Å². The van der Waals surface area contributed by atoms with E-state index >= 15 is 0 Å². The molecule has 2 saturated carbocycles. The molecule has 0 heterocycles. The number of fused-ring (bicyclic) bond motifs is 2. The van der Waals surface area contributed by atoms with Crippen molar-refractivity contribution in [3.63, 3.8) is 0 Å². The lowest BCUT2D eigenvalue weighted by Crippen LogP contribution is -2.35. The fraction of sp³-hybridized carbons (Fsp3) is 0.818. The van der Waals surface area contributed by atoms with E-state index in [0.29, 0.717) is 17.3 Å². The van der Waals surface area contributed by atoms with Gasteiger partial charge in [-0.3, -0.25) is 5.43 Å². The van der Waals surface area contributed by atoms with Crippen LogP contribution in [-0.2, 0) is 0 Å². The van der Waals surface area contributed by atoms with Gasteiger partial charge >= 0.3 is 0 Å². The van der Waals surface area contributed by atoms with E-state index in [4.69, 9.17) is 18.0 Å². The molecule has 0 amide bonds. The zero-order chi connectivity index (χ0) is 11.2. The van der Waals surface area contributed by atoms with Crippen LogP contribution in [0.25, 0.3) is 0 Å². The molecule has 3 N–H and O–H groups in total. The minimum Gasteiger partial charge on any atom is -0.375 e. The highest BCUT2D eigenvalue weighted by atomic mass is 32.1. The van der Waals surface area contributed by atoms with Crippen molar-refractivity contribution in [2.75, 3.05) is 0 Å². The van der Waals surface area contributed by atoms with Crippen molar-refractivity contribution in [2.45, 2.75) is 33.6 Å². The summed E-state index contributed by atoms with van der Waals surface area (Å²) in [6.45, 7) is 7.08. The van der Waals surface area contributed by atoms with Gasteiger partial charge in [0.05, 0.1) is 0 Å². The lowest BCUT2D eigenvalue weighted by Gasteiger charge is -2.36. The van der Waals surface area contributed by atoms with Gasteiger partial charge in [-0.1, -0.05) is 20.8 Å². The third-order valence-corrected chi connectivity index (χ3v) is 4.65. The fourth-order valence-electron chi connectivity index (χ4n) is 3.13. The van der Waals surface area contributed by atoms with Gasteiger partial charge in [0.2, 0.25) is 0 Å². The van der Waals surface area contributed by atoms with Crippen molar-refractivity contribution in [2.24, 2.45) is 34.0 Å². The second-order valence-electron chi connectivity index (χ2n) is 5.43. The molecule has 0 radical (unpaired) electrons. The van der Waals surface area contributed by atoms with Crippen LogP contribution in [0.15, 0.2) is 5.10 Å². The lowest BCUT2D eigenvalue weighted by molar-refractivity contribution is 0.182.